The van der Waals surface area contributed by atoms with Crippen molar-refractivity contribution in [1.29, 1.82) is 0 Å². The third kappa shape index (κ3) is 4.69. The van der Waals surface area contributed by atoms with Crippen molar-refractivity contribution in [3.63, 3.8) is 0 Å². The van der Waals surface area contributed by atoms with Crippen LogP contribution in [0.2, 0.25) is 5.02 Å². The van der Waals surface area contributed by atoms with Crippen molar-refractivity contribution in [3.05, 3.63) is 29.3 Å². The molecule has 1 heterocycles. The van der Waals surface area contributed by atoms with E-state index < -0.39 is 5.92 Å². The van der Waals surface area contributed by atoms with E-state index in [1.807, 2.05) is 6.92 Å². The molecule has 0 radical (unpaired) electrons. The third-order valence-corrected chi connectivity index (χ3v) is 3.85. The molecule has 2 N–H and O–H groups in total. The highest BCUT2D eigenvalue weighted by Gasteiger charge is 2.35. The van der Waals surface area contributed by atoms with Crippen molar-refractivity contribution in [2.75, 3.05) is 24.5 Å². The topological polar surface area (TPSA) is 78.5 Å². The highest BCUT2D eigenvalue weighted by Crippen LogP contribution is 2.27. The lowest BCUT2D eigenvalue weighted by Gasteiger charge is -2.17. The Bertz CT molecular complexity index is 606. The molecule has 0 unspecified atom stereocenters. The molecule has 0 aliphatic carbocycles. The van der Waals surface area contributed by atoms with E-state index in [0.29, 0.717) is 23.8 Å². The maximum atomic E-state index is 12.1. The average Bonchev–Trinajstić information content (AvgIpc) is 2.92. The molecule has 2 rings (SSSR count). The zero-order valence-corrected chi connectivity index (χ0v) is 13.7. The van der Waals surface area contributed by atoms with E-state index in [1.54, 1.807) is 29.2 Å². The van der Waals surface area contributed by atoms with Crippen LogP contribution in [0.3, 0.4) is 0 Å². The molecule has 124 valence electrons. The summed E-state index contributed by atoms with van der Waals surface area (Å²) in [5.41, 5.74) is 0.679. The van der Waals surface area contributed by atoms with Gasteiger partial charge in [0.05, 0.1) is 12.5 Å². The highest BCUT2D eigenvalue weighted by molar-refractivity contribution is 6.31. The maximum absolute atomic E-state index is 12.1. The van der Waals surface area contributed by atoms with E-state index in [2.05, 4.69) is 10.6 Å². The van der Waals surface area contributed by atoms with Gasteiger partial charge >= 0.3 is 0 Å². The molecule has 0 bridgehead atoms. The Morgan fingerprint density at radius 1 is 1.35 bits per heavy atom. The first-order valence-corrected chi connectivity index (χ1v) is 7.99. The minimum absolute atomic E-state index is 0.0688. The number of hydrogen-bond acceptors (Lipinski definition) is 3. The molecular formula is C16H20ClN3O3. The van der Waals surface area contributed by atoms with Crippen LogP contribution >= 0.6 is 11.6 Å². The molecular weight excluding hydrogens is 318 g/mol. The van der Waals surface area contributed by atoms with Crippen LogP contribution in [0.5, 0.6) is 0 Å². The zero-order chi connectivity index (χ0) is 16.8. The van der Waals surface area contributed by atoms with Gasteiger partial charge in [0, 0.05) is 30.2 Å². The highest BCUT2D eigenvalue weighted by atomic mass is 35.5. The standard InChI is InChI=1S/C16H20ClN3O3/c1-2-6-18-14(21)9-19-16(23)11-7-15(22)20(10-11)13-5-3-4-12(17)8-13/h3-5,8,11H,2,6-7,9-10H2,1H3,(H,18,21)(H,19,23)/t11-/m0/s1. The number of benzene rings is 1. The molecule has 1 aliphatic rings. The fraction of sp³-hybridized carbons (Fsp3) is 0.438. The van der Waals surface area contributed by atoms with E-state index in [-0.39, 0.29) is 30.7 Å². The van der Waals surface area contributed by atoms with Gasteiger partial charge in [0.1, 0.15) is 0 Å². The van der Waals surface area contributed by atoms with Crippen molar-refractivity contribution in [1.82, 2.24) is 10.6 Å². The van der Waals surface area contributed by atoms with Crippen LogP contribution in [-0.2, 0) is 14.4 Å². The Labute approximate surface area is 140 Å². The lowest BCUT2D eigenvalue weighted by molar-refractivity contribution is -0.128. The van der Waals surface area contributed by atoms with Gasteiger partial charge in [-0.3, -0.25) is 14.4 Å². The second kappa shape index (κ2) is 7.97. The van der Waals surface area contributed by atoms with Crippen LogP contribution in [0.1, 0.15) is 19.8 Å². The van der Waals surface area contributed by atoms with Gasteiger partial charge in [-0.25, -0.2) is 0 Å². The molecule has 1 fully saturated rings. The summed E-state index contributed by atoms with van der Waals surface area (Å²) < 4.78 is 0. The lowest BCUT2D eigenvalue weighted by atomic mass is 10.1. The van der Waals surface area contributed by atoms with Gasteiger partial charge in [0.2, 0.25) is 17.7 Å². The number of hydrogen-bond donors (Lipinski definition) is 2. The molecule has 6 nitrogen and oxygen atoms in total. The predicted molar refractivity (Wildman–Crippen MR) is 88.2 cm³/mol. The number of carbonyl (C=O) groups excluding carboxylic acids is 3. The molecule has 1 aliphatic heterocycles. The first-order valence-electron chi connectivity index (χ1n) is 7.61. The molecule has 0 aromatic heterocycles. The monoisotopic (exact) mass is 337 g/mol. The number of halogens is 1. The van der Waals surface area contributed by atoms with E-state index in [0.717, 1.165) is 6.42 Å². The largest absolute Gasteiger partial charge is 0.355 e. The Morgan fingerprint density at radius 2 is 2.13 bits per heavy atom. The summed E-state index contributed by atoms with van der Waals surface area (Å²) in [4.78, 5) is 37.3. The second-order valence-corrected chi connectivity index (χ2v) is 5.89. The molecule has 1 aromatic rings. The third-order valence-electron chi connectivity index (χ3n) is 3.61. The van der Waals surface area contributed by atoms with E-state index in [4.69, 9.17) is 11.6 Å². The zero-order valence-electron chi connectivity index (χ0n) is 13.0. The molecule has 0 saturated carbocycles. The van der Waals surface area contributed by atoms with Crippen molar-refractivity contribution in [2.24, 2.45) is 5.92 Å². The molecule has 1 saturated heterocycles. The van der Waals surface area contributed by atoms with Gasteiger partial charge in [0.15, 0.2) is 0 Å². The SMILES string of the molecule is CCCNC(=O)CNC(=O)[C@H]1CC(=O)N(c2cccc(Cl)c2)C1. The number of amides is 3. The van der Waals surface area contributed by atoms with Crippen molar-refractivity contribution >= 4 is 35.0 Å². The first kappa shape index (κ1) is 17.3. The van der Waals surface area contributed by atoms with Crippen LogP contribution < -0.4 is 15.5 Å². The number of rotatable bonds is 6. The minimum Gasteiger partial charge on any atom is -0.355 e. The molecule has 3 amide bonds. The van der Waals surface area contributed by atoms with Gasteiger partial charge in [-0.05, 0) is 24.6 Å². The Morgan fingerprint density at radius 3 is 2.83 bits per heavy atom. The molecule has 7 heteroatoms. The summed E-state index contributed by atoms with van der Waals surface area (Å²) in [5.74, 6) is -1.09. The lowest BCUT2D eigenvalue weighted by Crippen LogP contribution is -2.40. The van der Waals surface area contributed by atoms with Crippen LogP contribution in [0, 0.1) is 5.92 Å². The first-order chi connectivity index (χ1) is 11.0. The van der Waals surface area contributed by atoms with Gasteiger partial charge in [-0.2, -0.15) is 0 Å². The fourth-order valence-corrected chi connectivity index (χ4v) is 2.60. The second-order valence-electron chi connectivity index (χ2n) is 5.45. The van der Waals surface area contributed by atoms with Gasteiger partial charge < -0.3 is 15.5 Å². The van der Waals surface area contributed by atoms with Crippen molar-refractivity contribution in [2.45, 2.75) is 19.8 Å². The van der Waals surface area contributed by atoms with E-state index in [9.17, 15) is 14.4 Å². The van der Waals surface area contributed by atoms with Crippen LogP contribution in [-0.4, -0.2) is 37.4 Å². The summed E-state index contributed by atoms with van der Waals surface area (Å²) in [5, 5.41) is 5.80. The summed E-state index contributed by atoms with van der Waals surface area (Å²) in [6.07, 6.45) is 0.973. The molecule has 23 heavy (non-hydrogen) atoms. The van der Waals surface area contributed by atoms with Crippen molar-refractivity contribution < 1.29 is 14.4 Å². The number of nitrogens with zero attached hydrogens (tertiary/aromatic N) is 1. The Balaban J connectivity index is 1.89. The number of anilines is 1. The predicted octanol–water partition coefficient (Wildman–Crippen LogP) is 1.34. The summed E-state index contributed by atoms with van der Waals surface area (Å²) >= 11 is 5.93. The quantitative estimate of drug-likeness (QED) is 0.822. The van der Waals surface area contributed by atoms with Crippen molar-refractivity contribution in [3.8, 4) is 0 Å². The summed E-state index contributed by atoms with van der Waals surface area (Å²) in [6, 6.07) is 6.96. The van der Waals surface area contributed by atoms with Crippen LogP contribution in [0.25, 0.3) is 0 Å². The normalized spacial score (nSPS) is 17.2. The maximum Gasteiger partial charge on any atom is 0.239 e. The number of nitrogens with one attached hydrogen (secondary N) is 2. The fourth-order valence-electron chi connectivity index (χ4n) is 2.42. The van der Waals surface area contributed by atoms with E-state index >= 15 is 0 Å². The summed E-state index contributed by atoms with van der Waals surface area (Å²) in [6.45, 7) is 2.76. The van der Waals surface area contributed by atoms with E-state index in [1.165, 1.54) is 0 Å². The average molecular weight is 338 g/mol. The van der Waals surface area contributed by atoms with Crippen LogP contribution in [0.4, 0.5) is 5.69 Å². The van der Waals surface area contributed by atoms with Gasteiger partial charge in [-0.1, -0.05) is 24.6 Å². The van der Waals surface area contributed by atoms with Gasteiger partial charge in [0.25, 0.3) is 0 Å². The smallest absolute Gasteiger partial charge is 0.239 e. The Kier molecular flexibility index (Phi) is 5.98. The van der Waals surface area contributed by atoms with Crippen LogP contribution in [0.15, 0.2) is 24.3 Å². The Hall–Kier alpha value is -2.08. The molecule has 0 spiro atoms. The molecule has 1 atom stereocenters. The van der Waals surface area contributed by atoms with Gasteiger partial charge in [-0.15, -0.1) is 0 Å². The minimum atomic E-state index is -0.458. The number of carbonyl (C=O) groups is 3. The molecule has 1 aromatic carbocycles. The summed E-state index contributed by atoms with van der Waals surface area (Å²) in [7, 11) is 0.